The van der Waals surface area contributed by atoms with Crippen LogP contribution in [0.5, 0.6) is 0 Å². The standard InChI is InChI=1S/C18H18N4O2/c1-10-3-2-4-13(15(10)12-6-20-9-21-7-12)18(24)22-8-11-5-14(11)16(22)17(19)23/h2-4,6-7,9,11,14,16H,5,8H2,1H3,(H2,19,23)/t11-,14-,16+/m1/s1. The molecule has 0 spiro atoms. The van der Waals surface area contributed by atoms with E-state index in [0.29, 0.717) is 18.0 Å². The second-order valence-electron chi connectivity index (χ2n) is 6.59. The van der Waals surface area contributed by atoms with Gasteiger partial charge in [-0.2, -0.15) is 0 Å². The first-order valence-corrected chi connectivity index (χ1v) is 8.03. The van der Waals surface area contributed by atoms with Gasteiger partial charge in [0.05, 0.1) is 0 Å². The second kappa shape index (κ2) is 5.40. The molecule has 2 heterocycles. The van der Waals surface area contributed by atoms with Crippen LogP contribution in [0.1, 0.15) is 22.3 Å². The fourth-order valence-corrected chi connectivity index (χ4v) is 3.85. The molecule has 2 N–H and O–H groups in total. The average molecular weight is 322 g/mol. The Labute approximate surface area is 139 Å². The van der Waals surface area contributed by atoms with Gasteiger partial charge in [-0.25, -0.2) is 9.97 Å². The van der Waals surface area contributed by atoms with Gasteiger partial charge in [0.25, 0.3) is 5.91 Å². The number of fused-ring (bicyclic) bond motifs is 1. The zero-order valence-electron chi connectivity index (χ0n) is 13.3. The summed E-state index contributed by atoms with van der Waals surface area (Å²) in [5.74, 6) is 0.0960. The molecule has 1 aromatic carbocycles. The predicted molar refractivity (Wildman–Crippen MR) is 87.8 cm³/mol. The summed E-state index contributed by atoms with van der Waals surface area (Å²) in [5.41, 5.74) is 8.69. The van der Waals surface area contributed by atoms with Crippen LogP contribution < -0.4 is 5.73 Å². The Balaban J connectivity index is 1.76. The SMILES string of the molecule is Cc1cccc(C(=O)N2C[C@H]3C[C@H]3[C@H]2C(N)=O)c1-c1cncnc1. The van der Waals surface area contributed by atoms with Crippen molar-refractivity contribution in [3.05, 3.63) is 48.0 Å². The van der Waals surface area contributed by atoms with Crippen LogP contribution in [0.2, 0.25) is 0 Å². The third-order valence-electron chi connectivity index (χ3n) is 5.05. The molecule has 6 heteroatoms. The first-order valence-electron chi connectivity index (χ1n) is 8.03. The van der Waals surface area contributed by atoms with Crippen molar-refractivity contribution < 1.29 is 9.59 Å². The number of benzene rings is 1. The molecular formula is C18H18N4O2. The highest BCUT2D eigenvalue weighted by molar-refractivity contribution is 6.03. The summed E-state index contributed by atoms with van der Waals surface area (Å²) in [6.07, 6.45) is 5.84. The summed E-state index contributed by atoms with van der Waals surface area (Å²) in [7, 11) is 0. The summed E-state index contributed by atoms with van der Waals surface area (Å²) >= 11 is 0. The average Bonchev–Trinajstić information content (AvgIpc) is 3.23. The lowest BCUT2D eigenvalue weighted by atomic mass is 9.95. The number of amides is 2. The first kappa shape index (κ1) is 14.8. The highest BCUT2D eigenvalue weighted by Gasteiger charge is 2.56. The monoisotopic (exact) mass is 322 g/mol. The fourth-order valence-electron chi connectivity index (χ4n) is 3.85. The molecule has 0 bridgehead atoms. The van der Waals surface area contributed by atoms with Crippen molar-refractivity contribution in [2.24, 2.45) is 17.6 Å². The van der Waals surface area contributed by atoms with E-state index >= 15 is 0 Å². The number of rotatable bonds is 3. The van der Waals surface area contributed by atoms with Crippen molar-refractivity contribution in [1.82, 2.24) is 14.9 Å². The van der Waals surface area contributed by atoms with E-state index < -0.39 is 11.9 Å². The van der Waals surface area contributed by atoms with Crippen LogP contribution in [-0.2, 0) is 4.79 Å². The second-order valence-corrected chi connectivity index (χ2v) is 6.59. The number of aryl methyl sites for hydroxylation is 1. The number of carbonyl (C=O) groups is 2. The Bertz CT molecular complexity index is 821. The number of aromatic nitrogens is 2. The molecule has 1 saturated heterocycles. The van der Waals surface area contributed by atoms with Crippen molar-refractivity contribution in [3.63, 3.8) is 0 Å². The normalized spacial score (nSPS) is 24.5. The van der Waals surface area contributed by atoms with Crippen LogP contribution in [0.3, 0.4) is 0 Å². The minimum atomic E-state index is -0.483. The molecule has 1 saturated carbocycles. The zero-order chi connectivity index (χ0) is 16.8. The fraction of sp³-hybridized carbons (Fsp3) is 0.333. The molecule has 1 aliphatic carbocycles. The van der Waals surface area contributed by atoms with E-state index in [2.05, 4.69) is 9.97 Å². The van der Waals surface area contributed by atoms with E-state index in [0.717, 1.165) is 23.1 Å². The highest BCUT2D eigenvalue weighted by Crippen LogP contribution is 2.50. The van der Waals surface area contributed by atoms with Gasteiger partial charge in [-0.15, -0.1) is 0 Å². The molecule has 1 aliphatic heterocycles. The van der Waals surface area contributed by atoms with Gasteiger partial charge >= 0.3 is 0 Å². The van der Waals surface area contributed by atoms with Crippen LogP contribution in [0.4, 0.5) is 0 Å². The van der Waals surface area contributed by atoms with Crippen molar-refractivity contribution in [2.45, 2.75) is 19.4 Å². The van der Waals surface area contributed by atoms with Crippen molar-refractivity contribution in [2.75, 3.05) is 6.54 Å². The molecule has 0 unspecified atom stereocenters. The minimum Gasteiger partial charge on any atom is -0.368 e. The predicted octanol–water partition coefficient (Wildman–Crippen LogP) is 1.40. The highest BCUT2D eigenvalue weighted by atomic mass is 16.2. The molecule has 2 fully saturated rings. The Kier molecular flexibility index (Phi) is 3.33. The smallest absolute Gasteiger partial charge is 0.255 e. The number of nitrogens with zero attached hydrogens (tertiary/aromatic N) is 3. The van der Waals surface area contributed by atoms with E-state index in [9.17, 15) is 9.59 Å². The number of carbonyl (C=O) groups excluding carboxylic acids is 2. The first-order chi connectivity index (χ1) is 11.6. The molecule has 122 valence electrons. The van der Waals surface area contributed by atoms with Crippen molar-refractivity contribution in [3.8, 4) is 11.1 Å². The molecule has 3 atom stereocenters. The van der Waals surface area contributed by atoms with Gasteiger partial charge in [0.1, 0.15) is 12.4 Å². The van der Waals surface area contributed by atoms with Crippen LogP contribution in [-0.4, -0.2) is 39.3 Å². The molecule has 2 aliphatic rings. The number of nitrogens with two attached hydrogens (primary N) is 1. The molecule has 4 rings (SSSR count). The van der Waals surface area contributed by atoms with E-state index in [4.69, 9.17) is 5.73 Å². The van der Waals surface area contributed by atoms with Crippen molar-refractivity contribution in [1.29, 1.82) is 0 Å². The summed E-state index contributed by atoms with van der Waals surface area (Å²) in [4.78, 5) is 34.7. The van der Waals surface area contributed by atoms with Crippen LogP contribution >= 0.6 is 0 Å². The molecule has 1 aromatic heterocycles. The zero-order valence-corrected chi connectivity index (χ0v) is 13.3. The van der Waals surface area contributed by atoms with Gasteiger partial charge in [-0.3, -0.25) is 9.59 Å². The maximum absolute atomic E-state index is 13.2. The molecule has 24 heavy (non-hydrogen) atoms. The summed E-state index contributed by atoms with van der Waals surface area (Å²) < 4.78 is 0. The summed E-state index contributed by atoms with van der Waals surface area (Å²) in [6, 6.07) is 5.11. The molecular weight excluding hydrogens is 304 g/mol. The van der Waals surface area contributed by atoms with Gasteiger partial charge in [-0.1, -0.05) is 12.1 Å². The van der Waals surface area contributed by atoms with Gasteiger partial charge in [0.15, 0.2) is 0 Å². The quantitative estimate of drug-likeness (QED) is 0.925. The lowest BCUT2D eigenvalue weighted by Crippen LogP contribution is -2.46. The molecule has 2 aromatic rings. The number of piperidine rings is 1. The van der Waals surface area contributed by atoms with E-state index in [1.807, 2.05) is 19.1 Å². The maximum atomic E-state index is 13.2. The molecule has 6 nitrogen and oxygen atoms in total. The Morgan fingerprint density at radius 1 is 1.25 bits per heavy atom. The lowest BCUT2D eigenvalue weighted by Gasteiger charge is -2.26. The van der Waals surface area contributed by atoms with E-state index in [1.54, 1.807) is 23.4 Å². The Morgan fingerprint density at radius 3 is 2.71 bits per heavy atom. The lowest BCUT2D eigenvalue weighted by molar-refractivity contribution is -0.122. The van der Waals surface area contributed by atoms with Gasteiger partial charge in [0.2, 0.25) is 5.91 Å². The third kappa shape index (κ3) is 2.26. The minimum absolute atomic E-state index is 0.145. The van der Waals surface area contributed by atoms with E-state index in [1.165, 1.54) is 6.33 Å². The summed E-state index contributed by atoms with van der Waals surface area (Å²) in [5, 5.41) is 0. The number of primary amides is 1. The van der Waals surface area contributed by atoms with Crippen LogP contribution in [0.25, 0.3) is 11.1 Å². The van der Waals surface area contributed by atoms with E-state index in [-0.39, 0.29) is 11.8 Å². The maximum Gasteiger partial charge on any atom is 0.255 e. The van der Waals surface area contributed by atoms with Gasteiger partial charge in [-0.05, 0) is 36.8 Å². The third-order valence-corrected chi connectivity index (χ3v) is 5.05. The number of likely N-dealkylation sites (tertiary alicyclic amines) is 1. The largest absolute Gasteiger partial charge is 0.368 e. The van der Waals surface area contributed by atoms with Gasteiger partial charge < -0.3 is 10.6 Å². The molecule has 0 radical (unpaired) electrons. The van der Waals surface area contributed by atoms with Crippen LogP contribution in [0, 0.1) is 18.8 Å². The van der Waals surface area contributed by atoms with Crippen LogP contribution in [0.15, 0.2) is 36.9 Å². The summed E-state index contributed by atoms with van der Waals surface area (Å²) in [6.45, 7) is 2.56. The topological polar surface area (TPSA) is 89.2 Å². The number of hydrogen-bond acceptors (Lipinski definition) is 4. The Morgan fingerprint density at radius 2 is 2.00 bits per heavy atom. The molecule has 2 amide bonds. The van der Waals surface area contributed by atoms with Gasteiger partial charge in [0, 0.05) is 35.6 Å². The Hall–Kier alpha value is -2.76. The van der Waals surface area contributed by atoms with Crippen molar-refractivity contribution >= 4 is 11.8 Å². The number of hydrogen-bond donors (Lipinski definition) is 1.